The summed E-state index contributed by atoms with van der Waals surface area (Å²) in [5.41, 5.74) is 6.73. The highest BCUT2D eigenvalue weighted by Crippen LogP contribution is 2.28. The first kappa shape index (κ1) is 8.99. The predicted molar refractivity (Wildman–Crippen MR) is 52.6 cm³/mol. The van der Waals surface area contributed by atoms with Crippen LogP contribution in [0.2, 0.25) is 0 Å². The van der Waals surface area contributed by atoms with Gasteiger partial charge in [-0.15, -0.1) is 0 Å². The third-order valence-electron chi connectivity index (χ3n) is 1.96. The van der Waals surface area contributed by atoms with Gasteiger partial charge in [-0.25, -0.2) is 4.98 Å². The zero-order valence-corrected chi connectivity index (χ0v) is 8.09. The number of pyridine rings is 1. The van der Waals surface area contributed by atoms with E-state index in [1.54, 1.807) is 18.0 Å². The molecule has 0 saturated carbocycles. The first-order valence-electron chi connectivity index (χ1n) is 4.28. The highest BCUT2D eigenvalue weighted by molar-refractivity contribution is 8.00. The first-order valence-corrected chi connectivity index (χ1v) is 5.16. The molecule has 0 aliphatic carbocycles. The lowest BCUT2D eigenvalue weighted by molar-refractivity contribution is 0.0454. The molecule has 0 amide bonds. The quantitative estimate of drug-likeness (QED) is 0.784. The second-order valence-electron chi connectivity index (χ2n) is 2.95. The van der Waals surface area contributed by atoms with Crippen molar-refractivity contribution in [2.75, 3.05) is 13.2 Å². The molecule has 4 heteroatoms. The smallest absolute Gasteiger partial charge is 0.101 e. The van der Waals surface area contributed by atoms with Crippen molar-refractivity contribution in [2.45, 2.75) is 16.8 Å². The van der Waals surface area contributed by atoms with E-state index in [9.17, 15) is 0 Å². The van der Waals surface area contributed by atoms with Crippen LogP contribution in [0.1, 0.15) is 5.56 Å². The molecule has 1 aliphatic heterocycles. The summed E-state index contributed by atoms with van der Waals surface area (Å²) in [6.07, 6.45) is 1.81. The van der Waals surface area contributed by atoms with Crippen LogP contribution < -0.4 is 5.73 Å². The van der Waals surface area contributed by atoms with E-state index in [0.717, 1.165) is 23.8 Å². The van der Waals surface area contributed by atoms with Gasteiger partial charge >= 0.3 is 0 Å². The largest absolute Gasteiger partial charge is 0.379 e. The summed E-state index contributed by atoms with van der Waals surface area (Å²) in [6, 6.07) is 3.94. The highest BCUT2D eigenvalue weighted by atomic mass is 32.2. The fraction of sp³-hybridized carbons (Fsp3) is 0.444. The Bertz CT molecular complexity index is 289. The Morgan fingerprint density at radius 2 is 2.46 bits per heavy atom. The van der Waals surface area contributed by atoms with E-state index in [0.29, 0.717) is 11.8 Å². The lowest BCUT2D eigenvalue weighted by Crippen LogP contribution is -2.30. The summed E-state index contributed by atoms with van der Waals surface area (Å²) < 4.78 is 5.10. The number of aromatic nitrogens is 1. The lowest BCUT2D eigenvalue weighted by atomic mass is 10.3. The van der Waals surface area contributed by atoms with Crippen molar-refractivity contribution in [3.05, 3.63) is 23.9 Å². The molecule has 0 atom stereocenters. The fourth-order valence-corrected chi connectivity index (χ4v) is 2.19. The van der Waals surface area contributed by atoms with Gasteiger partial charge in [-0.05, 0) is 11.6 Å². The van der Waals surface area contributed by atoms with Crippen LogP contribution in [0.4, 0.5) is 0 Å². The molecule has 2 rings (SSSR count). The van der Waals surface area contributed by atoms with Crippen LogP contribution in [-0.2, 0) is 11.3 Å². The van der Waals surface area contributed by atoms with E-state index in [2.05, 4.69) is 4.98 Å². The van der Waals surface area contributed by atoms with Crippen LogP contribution in [-0.4, -0.2) is 23.4 Å². The zero-order chi connectivity index (χ0) is 9.10. The summed E-state index contributed by atoms with van der Waals surface area (Å²) in [4.78, 5) is 4.30. The molecular weight excluding hydrogens is 184 g/mol. The number of nitrogens with two attached hydrogens (primary N) is 1. The molecular formula is C9H12N2OS. The van der Waals surface area contributed by atoms with Gasteiger partial charge in [0, 0.05) is 12.7 Å². The maximum atomic E-state index is 5.60. The molecule has 1 fully saturated rings. The van der Waals surface area contributed by atoms with Gasteiger partial charge in [0.1, 0.15) is 5.03 Å². The molecule has 1 aromatic rings. The Balaban J connectivity index is 2.08. The Labute approximate surface area is 81.7 Å². The molecule has 1 aliphatic rings. The van der Waals surface area contributed by atoms with E-state index in [1.807, 2.05) is 12.1 Å². The first-order chi connectivity index (χ1) is 6.40. The van der Waals surface area contributed by atoms with Crippen molar-refractivity contribution in [1.82, 2.24) is 4.98 Å². The minimum absolute atomic E-state index is 0.559. The van der Waals surface area contributed by atoms with Gasteiger partial charge in [-0.3, -0.25) is 0 Å². The fourth-order valence-electron chi connectivity index (χ4n) is 1.13. The molecule has 3 nitrogen and oxygen atoms in total. The van der Waals surface area contributed by atoms with Crippen LogP contribution in [0.5, 0.6) is 0 Å². The average molecular weight is 196 g/mol. The number of hydrogen-bond acceptors (Lipinski definition) is 4. The number of ether oxygens (including phenoxy) is 1. The van der Waals surface area contributed by atoms with Gasteiger partial charge in [-0.1, -0.05) is 17.8 Å². The van der Waals surface area contributed by atoms with Gasteiger partial charge in [-0.2, -0.15) is 0 Å². The number of rotatable bonds is 3. The Hall–Kier alpha value is -0.580. The summed E-state index contributed by atoms with van der Waals surface area (Å²) in [5.74, 6) is 0. The van der Waals surface area contributed by atoms with Crippen molar-refractivity contribution in [3.8, 4) is 0 Å². The van der Waals surface area contributed by atoms with Crippen LogP contribution >= 0.6 is 11.8 Å². The summed E-state index contributed by atoms with van der Waals surface area (Å²) in [6.45, 7) is 2.24. The van der Waals surface area contributed by atoms with Gasteiger partial charge in [0.25, 0.3) is 0 Å². The lowest BCUT2D eigenvalue weighted by Gasteiger charge is -2.25. The van der Waals surface area contributed by atoms with Crippen molar-refractivity contribution in [3.63, 3.8) is 0 Å². The molecule has 1 saturated heterocycles. The van der Waals surface area contributed by atoms with Crippen LogP contribution in [0, 0.1) is 0 Å². The van der Waals surface area contributed by atoms with Gasteiger partial charge in [0.15, 0.2) is 0 Å². The monoisotopic (exact) mass is 196 g/mol. The van der Waals surface area contributed by atoms with E-state index >= 15 is 0 Å². The van der Waals surface area contributed by atoms with Crippen LogP contribution in [0.3, 0.4) is 0 Å². The van der Waals surface area contributed by atoms with E-state index in [1.165, 1.54) is 0 Å². The topological polar surface area (TPSA) is 48.1 Å². The minimum atomic E-state index is 0.559. The Kier molecular flexibility index (Phi) is 2.83. The number of nitrogens with zero attached hydrogens (tertiary/aromatic N) is 1. The molecule has 0 spiro atoms. The Morgan fingerprint density at radius 3 is 3.08 bits per heavy atom. The standard InChI is InChI=1S/C9H12N2OS/c10-4-7-2-1-3-11-9(7)13-8-5-12-6-8/h1-3,8H,4-6,10H2. The van der Waals surface area contributed by atoms with Crippen molar-refractivity contribution in [1.29, 1.82) is 0 Å². The highest BCUT2D eigenvalue weighted by Gasteiger charge is 2.20. The van der Waals surface area contributed by atoms with Gasteiger partial charge in [0.05, 0.1) is 18.5 Å². The molecule has 1 aromatic heterocycles. The SMILES string of the molecule is NCc1cccnc1SC1COC1. The number of hydrogen-bond donors (Lipinski definition) is 1. The predicted octanol–water partition coefficient (Wildman–Crippen LogP) is 1.03. The molecule has 13 heavy (non-hydrogen) atoms. The molecule has 70 valence electrons. The third-order valence-corrected chi connectivity index (χ3v) is 3.15. The van der Waals surface area contributed by atoms with Crippen molar-refractivity contribution in [2.24, 2.45) is 5.73 Å². The summed E-state index contributed by atoms with van der Waals surface area (Å²) in [5, 5.41) is 1.62. The molecule has 0 bridgehead atoms. The average Bonchev–Trinajstić information content (AvgIpc) is 2.12. The zero-order valence-electron chi connectivity index (χ0n) is 7.27. The van der Waals surface area contributed by atoms with E-state index < -0.39 is 0 Å². The normalized spacial score (nSPS) is 17.0. The second-order valence-corrected chi connectivity index (χ2v) is 4.24. The van der Waals surface area contributed by atoms with E-state index in [4.69, 9.17) is 10.5 Å². The number of thioether (sulfide) groups is 1. The van der Waals surface area contributed by atoms with Crippen molar-refractivity contribution < 1.29 is 4.74 Å². The maximum absolute atomic E-state index is 5.60. The van der Waals surface area contributed by atoms with Crippen LogP contribution in [0.15, 0.2) is 23.4 Å². The second kappa shape index (κ2) is 4.09. The maximum Gasteiger partial charge on any atom is 0.101 e. The van der Waals surface area contributed by atoms with E-state index in [-0.39, 0.29) is 0 Å². The van der Waals surface area contributed by atoms with Gasteiger partial charge in [0.2, 0.25) is 0 Å². The summed E-state index contributed by atoms with van der Waals surface area (Å²) >= 11 is 1.77. The molecule has 2 N–H and O–H groups in total. The minimum Gasteiger partial charge on any atom is -0.379 e. The summed E-state index contributed by atoms with van der Waals surface area (Å²) in [7, 11) is 0. The molecule has 0 radical (unpaired) electrons. The Morgan fingerprint density at radius 1 is 1.62 bits per heavy atom. The van der Waals surface area contributed by atoms with Gasteiger partial charge < -0.3 is 10.5 Å². The molecule has 0 unspecified atom stereocenters. The van der Waals surface area contributed by atoms with Crippen molar-refractivity contribution >= 4 is 11.8 Å². The molecule has 0 aromatic carbocycles. The molecule has 2 heterocycles. The van der Waals surface area contributed by atoms with Crippen LogP contribution in [0.25, 0.3) is 0 Å². The third kappa shape index (κ3) is 2.02.